The number of anilines is 1. The zero-order chi connectivity index (χ0) is 11.7. The molecular formula is C12H13N3OS. The van der Waals surface area contributed by atoms with Gasteiger partial charge in [0.25, 0.3) is 5.56 Å². The van der Waals surface area contributed by atoms with E-state index < -0.39 is 0 Å². The normalized spacial score (nSPS) is 16.4. The van der Waals surface area contributed by atoms with Gasteiger partial charge in [0.05, 0.1) is 0 Å². The Morgan fingerprint density at radius 1 is 1.24 bits per heavy atom. The van der Waals surface area contributed by atoms with E-state index >= 15 is 0 Å². The van der Waals surface area contributed by atoms with E-state index in [1.165, 1.54) is 0 Å². The summed E-state index contributed by atoms with van der Waals surface area (Å²) in [6.07, 6.45) is 1.75. The molecule has 4 nitrogen and oxygen atoms in total. The Bertz CT molecular complexity index is 590. The highest BCUT2D eigenvalue weighted by atomic mass is 32.2. The number of thioether (sulfide) groups is 1. The minimum absolute atomic E-state index is 0.0103. The maximum atomic E-state index is 11.9. The predicted octanol–water partition coefficient (Wildman–Crippen LogP) is 1.25. The van der Waals surface area contributed by atoms with Crippen molar-refractivity contribution < 1.29 is 0 Å². The van der Waals surface area contributed by atoms with E-state index in [1.807, 2.05) is 30.0 Å². The van der Waals surface area contributed by atoms with Crippen molar-refractivity contribution in [1.29, 1.82) is 0 Å². The van der Waals surface area contributed by atoms with Gasteiger partial charge >= 0.3 is 0 Å². The molecular weight excluding hydrogens is 234 g/mol. The first kappa shape index (κ1) is 10.7. The van der Waals surface area contributed by atoms with Crippen LogP contribution in [0.1, 0.15) is 0 Å². The summed E-state index contributed by atoms with van der Waals surface area (Å²) < 4.78 is 1.57. The second kappa shape index (κ2) is 4.41. The molecule has 1 saturated heterocycles. The zero-order valence-electron chi connectivity index (χ0n) is 9.37. The highest BCUT2D eigenvalue weighted by molar-refractivity contribution is 7.99. The van der Waals surface area contributed by atoms with Crippen LogP contribution in [-0.4, -0.2) is 34.0 Å². The fraction of sp³-hybridized carbons (Fsp3) is 0.333. The summed E-state index contributed by atoms with van der Waals surface area (Å²) in [4.78, 5) is 18.7. The number of pyridine rings is 1. The molecule has 88 valence electrons. The molecule has 1 aliphatic rings. The van der Waals surface area contributed by atoms with Crippen molar-refractivity contribution in [2.75, 3.05) is 29.5 Å². The molecule has 1 aliphatic heterocycles. The van der Waals surface area contributed by atoms with Gasteiger partial charge in [0.1, 0.15) is 11.5 Å². The summed E-state index contributed by atoms with van der Waals surface area (Å²) >= 11 is 1.95. The summed E-state index contributed by atoms with van der Waals surface area (Å²) in [7, 11) is 0. The molecule has 3 rings (SSSR count). The van der Waals surface area contributed by atoms with Crippen LogP contribution in [0.3, 0.4) is 0 Å². The topological polar surface area (TPSA) is 37.6 Å². The molecule has 5 heteroatoms. The first-order chi connectivity index (χ1) is 8.34. The number of hydrogen-bond acceptors (Lipinski definition) is 4. The van der Waals surface area contributed by atoms with Gasteiger partial charge in [-0.3, -0.25) is 9.20 Å². The molecule has 0 bridgehead atoms. The number of fused-ring (bicyclic) bond motifs is 1. The second-order valence-corrected chi connectivity index (χ2v) is 5.21. The van der Waals surface area contributed by atoms with Crippen LogP contribution in [0.25, 0.3) is 5.65 Å². The van der Waals surface area contributed by atoms with Crippen LogP contribution in [0, 0.1) is 0 Å². The molecule has 0 saturated carbocycles. The average Bonchev–Trinajstić information content (AvgIpc) is 2.40. The molecule has 0 radical (unpaired) electrons. The van der Waals surface area contributed by atoms with Crippen LogP contribution >= 0.6 is 11.8 Å². The zero-order valence-corrected chi connectivity index (χ0v) is 10.2. The molecule has 0 aliphatic carbocycles. The van der Waals surface area contributed by atoms with Crippen molar-refractivity contribution in [3.63, 3.8) is 0 Å². The summed E-state index contributed by atoms with van der Waals surface area (Å²) in [5.41, 5.74) is 0.706. The van der Waals surface area contributed by atoms with E-state index in [9.17, 15) is 4.79 Å². The van der Waals surface area contributed by atoms with Crippen molar-refractivity contribution >= 4 is 23.2 Å². The SMILES string of the molecule is O=c1cc(N2CCSCC2)nc2ccccn12. The molecule has 0 aromatic carbocycles. The first-order valence-electron chi connectivity index (χ1n) is 5.66. The Morgan fingerprint density at radius 3 is 2.88 bits per heavy atom. The highest BCUT2D eigenvalue weighted by Crippen LogP contribution is 2.16. The maximum Gasteiger partial charge on any atom is 0.259 e. The van der Waals surface area contributed by atoms with Crippen LogP contribution in [0.5, 0.6) is 0 Å². The molecule has 3 heterocycles. The van der Waals surface area contributed by atoms with Crippen molar-refractivity contribution in [1.82, 2.24) is 9.38 Å². The van der Waals surface area contributed by atoms with Gasteiger partial charge in [0.2, 0.25) is 0 Å². The molecule has 0 unspecified atom stereocenters. The van der Waals surface area contributed by atoms with Crippen molar-refractivity contribution in [2.24, 2.45) is 0 Å². The molecule has 1 fully saturated rings. The third kappa shape index (κ3) is 2.02. The van der Waals surface area contributed by atoms with Gasteiger partial charge in [0, 0.05) is 36.9 Å². The second-order valence-electron chi connectivity index (χ2n) is 3.98. The van der Waals surface area contributed by atoms with Gasteiger partial charge in [-0.05, 0) is 12.1 Å². The highest BCUT2D eigenvalue weighted by Gasteiger charge is 2.13. The smallest absolute Gasteiger partial charge is 0.259 e. The van der Waals surface area contributed by atoms with Gasteiger partial charge in [-0.15, -0.1) is 0 Å². The lowest BCUT2D eigenvalue weighted by molar-refractivity contribution is 0.833. The van der Waals surface area contributed by atoms with Crippen LogP contribution in [0.15, 0.2) is 35.3 Å². The van der Waals surface area contributed by atoms with Gasteiger partial charge < -0.3 is 4.90 Å². The number of aromatic nitrogens is 2. The van der Waals surface area contributed by atoms with Crippen LogP contribution in [0.4, 0.5) is 5.82 Å². The fourth-order valence-corrected chi connectivity index (χ4v) is 2.90. The van der Waals surface area contributed by atoms with E-state index in [0.29, 0.717) is 5.65 Å². The molecule has 2 aromatic heterocycles. The number of hydrogen-bond donors (Lipinski definition) is 0. The van der Waals surface area contributed by atoms with E-state index in [0.717, 1.165) is 30.4 Å². The average molecular weight is 247 g/mol. The van der Waals surface area contributed by atoms with E-state index in [-0.39, 0.29) is 5.56 Å². The molecule has 17 heavy (non-hydrogen) atoms. The van der Waals surface area contributed by atoms with Gasteiger partial charge in [-0.2, -0.15) is 11.8 Å². The summed E-state index contributed by atoms with van der Waals surface area (Å²) in [5, 5.41) is 0. The number of rotatable bonds is 1. The van der Waals surface area contributed by atoms with Crippen LogP contribution in [-0.2, 0) is 0 Å². The summed E-state index contributed by atoms with van der Waals surface area (Å²) in [6, 6.07) is 7.23. The monoisotopic (exact) mass is 247 g/mol. The van der Waals surface area contributed by atoms with E-state index in [4.69, 9.17) is 0 Å². The molecule has 2 aromatic rings. The minimum atomic E-state index is -0.0103. The molecule has 0 N–H and O–H groups in total. The quantitative estimate of drug-likeness (QED) is 0.760. The third-order valence-electron chi connectivity index (χ3n) is 2.89. The summed E-state index contributed by atoms with van der Waals surface area (Å²) in [5.74, 6) is 3.02. The lowest BCUT2D eigenvalue weighted by Gasteiger charge is -2.27. The van der Waals surface area contributed by atoms with Crippen molar-refractivity contribution in [3.05, 3.63) is 40.8 Å². The van der Waals surface area contributed by atoms with Crippen LogP contribution < -0.4 is 10.5 Å². The maximum absolute atomic E-state index is 11.9. The van der Waals surface area contributed by atoms with Gasteiger partial charge in [-0.25, -0.2) is 4.98 Å². The first-order valence-corrected chi connectivity index (χ1v) is 6.81. The van der Waals surface area contributed by atoms with Crippen molar-refractivity contribution in [3.8, 4) is 0 Å². The van der Waals surface area contributed by atoms with E-state index in [1.54, 1.807) is 16.7 Å². The van der Waals surface area contributed by atoms with Crippen molar-refractivity contribution in [2.45, 2.75) is 0 Å². The lowest BCUT2D eigenvalue weighted by Crippen LogP contribution is -2.34. The Kier molecular flexibility index (Phi) is 2.76. The van der Waals surface area contributed by atoms with Crippen LogP contribution in [0.2, 0.25) is 0 Å². The minimum Gasteiger partial charge on any atom is -0.355 e. The molecule has 0 amide bonds. The molecule has 0 spiro atoms. The number of nitrogens with zero attached hydrogens (tertiary/aromatic N) is 3. The third-order valence-corrected chi connectivity index (χ3v) is 3.84. The standard InChI is InChI=1S/C12H13N3OS/c16-12-9-11(14-5-7-17-8-6-14)13-10-3-1-2-4-15(10)12/h1-4,9H,5-8H2. The Morgan fingerprint density at radius 2 is 2.06 bits per heavy atom. The van der Waals surface area contributed by atoms with Gasteiger partial charge in [-0.1, -0.05) is 6.07 Å². The Hall–Kier alpha value is -1.49. The predicted molar refractivity (Wildman–Crippen MR) is 71.0 cm³/mol. The lowest BCUT2D eigenvalue weighted by atomic mass is 10.4. The molecule has 0 atom stereocenters. The van der Waals surface area contributed by atoms with Gasteiger partial charge in [0.15, 0.2) is 0 Å². The fourth-order valence-electron chi connectivity index (χ4n) is 2.00. The Labute approximate surface area is 103 Å². The summed E-state index contributed by atoms with van der Waals surface area (Å²) in [6.45, 7) is 1.94. The van der Waals surface area contributed by atoms with E-state index in [2.05, 4.69) is 9.88 Å². The Balaban J connectivity index is 2.08. The largest absolute Gasteiger partial charge is 0.355 e.